The van der Waals surface area contributed by atoms with Gasteiger partial charge in [0.1, 0.15) is 18.2 Å². The molecule has 2 heterocycles. The molecule has 0 bridgehead atoms. The first-order valence-corrected chi connectivity index (χ1v) is 12.1. The lowest BCUT2D eigenvalue weighted by molar-refractivity contribution is -0.172. The van der Waals surface area contributed by atoms with Gasteiger partial charge in [-0.2, -0.15) is 0 Å². The molecular weight excluding hydrogens is 434 g/mol. The Labute approximate surface area is 198 Å². The molecule has 1 saturated carbocycles. The monoisotopic (exact) mass is 462 g/mol. The Balaban J connectivity index is 1.12. The predicted molar refractivity (Wildman–Crippen MR) is 127 cm³/mol. The number of hydrogen-bond acceptors (Lipinski definition) is 3. The summed E-state index contributed by atoms with van der Waals surface area (Å²) >= 11 is 0. The summed E-state index contributed by atoms with van der Waals surface area (Å²) in [6.07, 6.45) is 3.95. The van der Waals surface area contributed by atoms with Crippen molar-refractivity contribution < 1.29 is 18.3 Å². The van der Waals surface area contributed by atoms with Gasteiger partial charge in [-0.25, -0.2) is 8.78 Å². The minimum atomic E-state index is -0.261. The van der Waals surface area contributed by atoms with E-state index in [4.69, 9.17) is 4.74 Å². The Bertz CT molecular complexity index is 1250. The molecule has 0 atom stereocenters. The third-order valence-corrected chi connectivity index (χ3v) is 7.62. The Morgan fingerprint density at radius 1 is 0.912 bits per heavy atom. The van der Waals surface area contributed by atoms with Crippen LogP contribution in [0.5, 0.6) is 0 Å². The van der Waals surface area contributed by atoms with E-state index in [0.29, 0.717) is 24.7 Å². The van der Waals surface area contributed by atoms with Gasteiger partial charge >= 0.3 is 0 Å². The van der Waals surface area contributed by atoms with E-state index in [-0.39, 0.29) is 29.7 Å². The van der Waals surface area contributed by atoms with Crippen LogP contribution in [0.25, 0.3) is 21.9 Å². The standard InChI is InChI=1S/C28H28F2N2O2/c29-24-6-5-20-13-19(1-2-21(20)14-24)22-3-4-23(26(30)15-22)16-31-11-9-28(10-12-31)18-32(25-7-8-25)27(33)17-34-28/h1-6,13-15,25H,7-12,16-18H2. The van der Waals surface area contributed by atoms with Crippen LogP contribution in [0.2, 0.25) is 0 Å². The average Bonchev–Trinajstić information content (AvgIpc) is 3.69. The van der Waals surface area contributed by atoms with Crippen LogP contribution in [-0.2, 0) is 16.1 Å². The van der Waals surface area contributed by atoms with Crippen LogP contribution < -0.4 is 0 Å². The van der Waals surface area contributed by atoms with Crippen molar-refractivity contribution in [2.24, 2.45) is 0 Å². The number of benzene rings is 3. The highest BCUT2D eigenvalue weighted by Gasteiger charge is 2.46. The molecule has 3 aliphatic rings. The lowest BCUT2D eigenvalue weighted by Crippen LogP contribution is -2.59. The Morgan fingerprint density at radius 3 is 2.38 bits per heavy atom. The van der Waals surface area contributed by atoms with E-state index in [1.54, 1.807) is 12.1 Å². The van der Waals surface area contributed by atoms with E-state index >= 15 is 4.39 Å². The molecule has 34 heavy (non-hydrogen) atoms. The third kappa shape index (κ3) is 4.21. The summed E-state index contributed by atoms with van der Waals surface area (Å²) in [5, 5.41) is 1.76. The van der Waals surface area contributed by atoms with Gasteiger partial charge in [0.15, 0.2) is 0 Å². The quantitative estimate of drug-likeness (QED) is 0.538. The smallest absolute Gasteiger partial charge is 0.248 e. The van der Waals surface area contributed by atoms with Crippen molar-refractivity contribution in [3.05, 3.63) is 71.8 Å². The normalized spacial score (nSPS) is 20.9. The molecule has 1 amide bonds. The number of likely N-dealkylation sites (tertiary alicyclic amines) is 1. The molecule has 176 valence electrons. The van der Waals surface area contributed by atoms with Gasteiger partial charge in [-0.3, -0.25) is 9.69 Å². The summed E-state index contributed by atoms with van der Waals surface area (Å²) in [7, 11) is 0. The molecule has 0 aromatic heterocycles. The largest absolute Gasteiger partial charge is 0.363 e. The Kier molecular flexibility index (Phi) is 5.38. The number of carbonyl (C=O) groups excluding carboxylic acids is 1. The molecule has 0 unspecified atom stereocenters. The fourth-order valence-electron chi connectivity index (χ4n) is 5.37. The predicted octanol–water partition coefficient (Wildman–Crippen LogP) is 5.14. The molecule has 0 radical (unpaired) electrons. The molecule has 3 aromatic carbocycles. The maximum Gasteiger partial charge on any atom is 0.248 e. The number of halogens is 2. The fourth-order valence-corrected chi connectivity index (χ4v) is 5.37. The second-order valence-corrected chi connectivity index (χ2v) is 10.0. The molecular formula is C28H28F2N2O2. The zero-order chi connectivity index (χ0) is 23.3. The van der Waals surface area contributed by atoms with Gasteiger partial charge in [0.25, 0.3) is 0 Å². The van der Waals surface area contributed by atoms with Crippen molar-refractivity contribution in [3.8, 4) is 11.1 Å². The number of carbonyl (C=O) groups is 1. The topological polar surface area (TPSA) is 32.8 Å². The number of amides is 1. The van der Waals surface area contributed by atoms with E-state index < -0.39 is 0 Å². The van der Waals surface area contributed by atoms with Crippen LogP contribution in [0.3, 0.4) is 0 Å². The minimum absolute atomic E-state index is 0.122. The van der Waals surface area contributed by atoms with Gasteiger partial charge < -0.3 is 9.64 Å². The summed E-state index contributed by atoms with van der Waals surface area (Å²) in [6.45, 7) is 3.11. The summed E-state index contributed by atoms with van der Waals surface area (Å²) in [6, 6.07) is 16.3. The van der Waals surface area contributed by atoms with Gasteiger partial charge in [-0.1, -0.05) is 30.3 Å². The highest BCUT2D eigenvalue weighted by Crippen LogP contribution is 2.36. The molecule has 6 rings (SSSR count). The molecule has 1 spiro atoms. The number of morpholine rings is 1. The van der Waals surface area contributed by atoms with Crippen LogP contribution in [0.1, 0.15) is 31.2 Å². The first-order chi connectivity index (χ1) is 16.5. The highest BCUT2D eigenvalue weighted by atomic mass is 19.1. The molecule has 1 aliphatic carbocycles. The second-order valence-electron chi connectivity index (χ2n) is 10.0. The van der Waals surface area contributed by atoms with E-state index in [1.165, 1.54) is 12.1 Å². The lowest BCUT2D eigenvalue weighted by Gasteiger charge is -2.47. The van der Waals surface area contributed by atoms with Crippen molar-refractivity contribution in [2.75, 3.05) is 26.2 Å². The third-order valence-electron chi connectivity index (χ3n) is 7.62. The van der Waals surface area contributed by atoms with Gasteiger partial charge in [-0.15, -0.1) is 0 Å². The lowest BCUT2D eigenvalue weighted by atomic mass is 9.89. The molecule has 6 heteroatoms. The second kappa shape index (κ2) is 8.43. The van der Waals surface area contributed by atoms with Crippen molar-refractivity contribution >= 4 is 16.7 Å². The van der Waals surface area contributed by atoms with Crippen molar-refractivity contribution in [1.82, 2.24) is 9.80 Å². The molecule has 4 nitrogen and oxygen atoms in total. The Hall–Kier alpha value is -2.83. The van der Waals surface area contributed by atoms with Gasteiger partial charge in [-0.05, 0) is 71.8 Å². The van der Waals surface area contributed by atoms with Gasteiger partial charge in [0, 0.05) is 31.2 Å². The van der Waals surface area contributed by atoms with Crippen LogP contribution in [0, 0.1) is 11.6 Å². The van der Waals surface area contributed by atoms with Crippen LogP contribution >= 0.6 is 0 Å². The van der Waals surface area contributed by atoms with Crippen molar-refractivity contribution in [3.63, 3.8) is 0 Å². The average molecular weight is 463 g/mol. The van der Waals surface area contributed by atoms with Crippen LogP contribution in [-0.4, -0.2) is 53.6 Å². The summed E-state index contributed by atoms with van der Waals surface area (Å²) in [5.41, 5.74) is 2.16. The zero-order valence-corrected chi connectivity index (χ0v) is 19.1. The molecule has 3 aromatic rings. The fraction of sp³-hybridized carbons (Fsp3) is 0.393. The van der Waals surface area contributed by atoms with Crippen LogP contribution in [0.15, 0.2) is 54.6 Å². The number of ether oxygens (including phenoxy) is 1. The molecule has 0 N–H and O–H groups in total. The van der Waals surface area contributed by atoms with E-state index in [1.807, 2.05) is 35.2 Å². The first kappa shape index (κ1) is 21.7. The van der Waals surface area contributed by atoms with Crippen molar-refractivity contribution in [2.45, 2.75) is 43.9 Å². The Morgan fingerprint density at radius 2 is 1.62 bits per heavy atom. The molecule has 2 aliphatic heterocycles. The van der Waals surface area contributed by atoms with Gasteiger partial charge in [0.2, 0.25) is 5.91 Å². The number of hydrogen-bond donors (Lipinski definition) is 0. The highest BCUT2D eigenvalue weighted by molar-refractivity contribution is 5.87. The van der Waals surface area contributed by atoms with Crippen molar-refractivity contribution in [1.29, 1.82) is 0 Å². The van der Waals surface area contributed by atoms with Gasteiger partial charge in [0.05, 0.1) is 12.1 Å². The molecule has 3 fully saturated rings. The summed E-state index contributed by atoms with van der Waals surface area (Å²) in [4.78, 5) is 16.5. The summed E-state index contributed by atoms with van der Waals surface area (Å²) in [5.74, 6) is -0.351. The van der Waals surface area contributed by atoms with E-state index in [2.05, 4.69) is 4.90 Å². The number of piperidine rings is 1. The zero-order valence-electron chi connectivity index (χ0n) is 19.1. The maximum absolute atomic E-state index is 15.1. The number of fused-ring (bicyclic) bond motifs is 1. The van der Waals surface area contributed by atoms with E-state index in [0.717, 1.165) is 60.7 Å². The first-order valence-electron chi connectivity index (χ1n) is 12.1. The number of rotatable bonds is 4. The summed E-state index contributed by atoms with van der Waals surface area (Å²) < 4.78 is 34.5. The maximum atomic E-state index is 15.1. The number of nitrogens with zero attached hydrogens (tertiary/aromatic N) is 2. The minimum Gasteiger partial charge on any atom is -0.363 e. The van der Waals surface area contributed by atoms with Crippen LogP contribution in [0.4, 0.5) is 8.78 Å². The molecule has 2 saturated heterocycles. The van der Waals surface area contributed by atoms with E-state index in [9.17, 15) is 9.18 Å². The SMILES string of the molecule is O=C1COC2(CCN(Cc3ccc(-c4ccc5cc(F)ccc5c4)cc3F)CC2)CN1C1CC1.